The Labute approximate surface area is 152 Å². The van der Waals surface area contributed by atoms with Crippen molar-refractivity contribution in [3.05, 3.63) is 35.1 Å². The topological polar surface area (TPSA) is 83.2 Å². The summed E-state index contributed by atoms with van der Waals surface area (Å²) in [5, 5.41) is 9.82. The lowest BCUT2D eigenvalue weighted by Crippen LogP contribution is -2.49. The minimum absolute atomic E-state index is 0.0598. The number of likely N-dealkylation sites (N-methyl/N-ethyl adjacent to an activating group) is 1. The lowest BCUT2D eigenvalue weighted by molar-refractivity contribution is -0.138. The Kier molecular flexibility index (Phi) is 5.29. The fraction of sp³-hybridized carbons (Fsp3) is 0.474. The van der Waals surface area contributed by atoms with Crippen LogP contribution in [0.1, 0.15) is 21.7 Å². The molecule has 0 spiro atoms. The molecule has 0 aliphatic carbocycles. The van der Waals surface area contributed by atoms with Crippen molar-refractivity contribution in [1.82, 2.24) is 9.80 Å². The number of furan rings is 1. The summed E-state index contributed by atoms with van der Waals surface area (Å²) in [6.45, 7) is 5.59. The summed E-state index contributed by atoms with van der Waals surface area (Å²) in [6, 6.07) is 5.88. The van der Waals surface area contributed by atoms with Gasteiger partial charge in [-0.2, -0.15) is 0 Å². The molecular formula is C19H24N2O5. The molecule has 0 saturated carbocycles. The molecule has 0 radical (unpaired) electrons. The average Bonchev–Trinajstić information content (AvgIpc) is 2.92. The van der Waals surface area contributed by atoms with Gasteiger partial charge in [0.25, 0.3) is 5.91 Å². The lowest BCUT2D eigenvalue weighted by atomic mass is 10.1. The van der Waals surface area contributed by atoms with Gasteiger partial charge in [0, 0.05) is 30.6 Å². The number of hydrogen-bond donors (Lipinski definition) is 1. The van der Waals surface area contributed by atoms with E-state index in [0.717, 1.165) is 22.1 Å². The SMILES string of the molecule is Cc1c(C(=O)N2CCOC(CN(C)CC(=O)O)C2)oc2c(C)cccc12. The summed E-state index contributed by atoms with van der Waals surface area (Å²) in [5.74, 6) is -0.661. The first-order chi connectivity index (χ1) is 12.4. The van der Waals surface area contributed by atoms with E-state index in [-0.39, 0.29) is 18.6 Å². The van der Waals surface area contributed by atoms with E-state index in [9.17, 15) is 9.59 Å². The number of benzene rings is 1. The number of amides is 1. The molecule has 1 aromatic carbocycles. The Bertz CT molecular complexity index is 829. The summed E-state index contributed by atoms with van der Waals surface area (Å²) in [4.78, 5) is 27.2. The fourth-order valence-corrected chi connectivity index (χ4v) is 3.39. The van der Waals surface area contributed by atoms with E-state index in [1.807, 2.05) is 32.0 Å². The Hall–Kier alpha value is -2.38. The molecule has 1 fully saturated rings. The summed E-state index contributed by atoms with van der Waals surface area (Å²) >= 11 is 0. The number of carbonyl (C=O) groups is 2. The first-order valence-electron chi connectivity index (χ1n) is 8.66. The minimum Gasteiger partial charge on any atom is -0.480 e. The summed E-state index contributed by atoms with van der Waals surface area (Å²) in [6.07, 6.45) is -0.219. The van der Waals surface area contributed by atoms with Crippen LogP contribution in [-0.2, 0) is 9.53 Å². The monoisotopic (exact) mass is 360 g/mol. The van der Waals surface area contributed by atoms with Gasteiger partial charge in [0.2, 0.25) is 0 Å². The van der Waals surface area contributed by atoms with Crippen LogP contribution in [-0.4, -0.2) is 72.7 Å². The zero-order valence-electron chi connectivity index (χ0n) is 15.3. The molecule has 1 N–H and O–H groups in total. The summed E-state index contributed by atoms with van der Waals surface area (Å²) < 4.78 is 11.6. The molecule has 1 saturated heterocycles. The normalized spacial score (nSPS) is 17.8. The third-order valence-corrected chi connectivity index (χ3v) is 4.70. The first-order valence-corrected chi connectivity index (χ1v) is 8.66. The van der Waals surface area contributed by atoms with Crippen molar-refractivity contribution >= 4 is 22.8 Å². The van der Waals surface area contributed by atoms with Gasteiger partial charge in [-0.15, -0.1) is 0 Å². The van der Waals surface area contributed by atoms with Crippen molar-refractivity contribution in [1.29, 1.82) is 0 Å². The van der Waals surface area contributed by atoms with Crippen LogP contribution >= 0.6 is 0 Å². The number of carboxylic acid groups (broad SMARTS) is 1. The average molecular weight is 360 g/mol. The van der Waals surface area contributed by atoms with Gasteiger partial charge in [0.05, 0.1) is 19.3 Å². The fourth-order valence-electron chi connectivity index (χ4n) is 3.39. The van der Waals surface area contributed by atoms with Gasteiger partial charge in [-0.25, -0.2) is 0 Å². The standard InChI is InChI=1S/C19H24N2O5/c1-12-5-4-6-15-13(2)18(26-17(12)15)19(24)21-7-8-25-14(10-21)9-20(3)11-16(22)23/h4-6,14H,7-11H2,1-3H3,(H,22,23). The molecule has 7 nitrogen and oxygen atoms in total. The van der Waals surface area contributed by atoms with E-state index in [4.69, 9.17) is 14.3 Å². The first kappa shape index (κ1) is 18.4. The number of aliphatic carboxylic acids is 1. The van der Waals surface area contributed by atoms with Crippen LogP contribution in [0.4, 0.5) is 0 Å². The maximum absolute atomic E-state index is 13.0. The van der Waals surface area contributed by atoms with Crippen LogP contribution in [0.5, 0.6) is 0 Å². The number of carboxylic acids is 1. The highest BCUT2D eigenvalue weighted by Gasteiger charge is 2.29. The van der Waals surface area contributed by atoms with Gasteiger partial charge in [-0.3, -0.25) is 14.5 Å². The van der Waals surface area contributed by atoms with Crippen LogP contribution in [0.2, 0.25) is 0 Å². The Morgan fingerprint density at radius 3 is 2.81 bits per heavy atom. The molecule has 2 heterocycles. The molecule has 2 aromatic rings. The van der Waals surface area contributed by atoms with Crippen molar-refractivity contribution in [2.24, 2.45) is 0 Å². The van der Waals surface area contributed by atoms with Crippen LogP contribution in [0, 0.1) is 13.8 Å². The number of aryl methyl sites for hydroxylation is 2. The molecule has 1 atom stereocenters. The number of nitrogens with zero attached hydrogens (tertiary/aromatic N) is 2. The maximum atomic E-state index is 13.0. The molecule has 26 heavy (non-hydrogen) atoms. The predicted octanol–water partition coefficient (Wildman–Crippen LogP) is 1.91. The molecule has 1 aliphatic rings. The molecule has 1 aliphatic heterocycles. The van der Waals surface area contributed by atoms with Gasteiger partial charge in [0.15, 0.2) is 5.76 Å². The van der Waals surface area contributed by atoms with Crippen molar-refractivity contribution in [3.8, 4) is 0 Å². The Morgan fingerprint density at radius 2 is 2.12 bits per heavy atom. The van der Waals surface area contributed by atoms with Gasteiger partial charge in [-0.1, -0.05) is 18.2 Å². The quantitative estimate of drug-likeness (QED) is 0.877. The number of carbonyl (C=O) groups excluding carboxylic acids is 1. The van der Waals surface area contributed by atoms with Crippen molar-refractivity contribution < 1.29 is 23.8 Å². The van der Waals surface area contributed by atoms with Gasteiger partial charge in [0.1, 0.15) is 5.58 Å². The van der Waals surface area contributed by atoms with Crippen molar-refractivity contribution in [2.75, 3.05) is 39.8 Å². The Morgan fingerprint density at radius 1 is 1.35 bits per heavy atom. The molecule has 0 bridgehead atoms. The van der Waals surface area contributed by atoms with Gasteiger partial charge in [-0.05, 0) is 26.5 Å². The molecule has 140 valence electrons. The van der Waals surface area contributed by atoms with Gasteiger partial charge < -0.3 is 19.2 Å². The molecular weight excluding hydrogens is 336 g/mol. The zero-order chi connectivity index (χ0) is 18.8. The van der Waals surface area contributed by atoms with E-state index in [0.29, 0.717) is 32.0 Å². The highest BCUT2D eigenvalue weighted by atomic mass is 16.5. The summed E-state index contributed by atoms with van der Waals surface area (Å²) in [5.41, 5.74) is 2.60. The van der Waals surface area contributed by atoms with E-state index < -0.39 is 5.97 Å². The van der Waals surface area contributed by atoms with Gasteiger partial charge >= 0.3 is 5.97 Å². The van der Waals surface area contributed by atoms with E-state index >= 15 is 0 Å². The van der Waals surface area contributed by atoms with Crippen LogP contribution in [0.25, 0.3) is 11.0 Å². The lowest BCUT2D eigenvalue weighted by Gasteiger charge is -2.34. The second kappa shape index (κ2) is 7.47. The highest BCUT2D eigenvalue weighted by molar-refractivity contribution is 5.99. The second-order valence-electron chi connectivity index (χ2n) is 6.84. The number of para-hydroxylation sites is 1. The number of hydrogen-bond acceptors (Lipinski definition) is 5. The third kappa shape index (κ3) is 3.73. The number of ether oxygens (including phenoxy) is 1. The highest BCUT2D eigenvalue weighted by Crippen LogP contribution is 2.28. The molecule has 1 amide bonds. The minimum atomic E-state index is -0.885. The van der Waals surface area contributed by atoms with Crippen molar-refractivity contribution in [3.63, 3.8) is 0 Å². The third-order valence-electron chi connectivity index (χ3n) is 4.70. The molecule has 3 rings (SSSR count). The van der Waals surface area contributed by atoms with Crippen molar-refractivity contribution in [2.45, 2.75) is 20.0 Å². The molecule has 7 heteroatoms. The second-order valence-corrected chi connectivity index (χ2v) is 6.84. The smallest absolute Gasteiger partial charge is 0.317 e. The van der Waals surface area contributed by atoms with Crippen LogP contribution in [0.3, 0.4) is 0 Å². The molecule has 1 unspecified atom stereocenters. The van der Waals surface area contributed by atoms with Crippen LogP contribution < -0.4 is 0 Å². The summed E-state index contributed by atoms with van der Waals surface area (Å²) in [7, 11) is 1.73. The molecule has 1 aromatic heterocycles. The van der Waals surface area contributed by atoms with E-state index in [1.54, 1.807) is 16.8 Å². The largest absolute Gasteiger partial charge is 0.480 e. The number of rotatable bonds is 5. The predicted molar refractivity (Wildman–Crippen MR) is 96.5 cm³/mol. The number of fused-ring (bicyclic) bond motifs is 1. The zero-order valence-corrected chi connectivity index (χ0v) is 15.3. The van der Waals surface area contributed by atoms with Crippen LogP contribution in [0.15, 0.2) is 22.6 Å². The number of morpholine rings is 1. The van der Waals surface area contributed by atoms with E-state index in [2.05, 4.69) is 0 Å². The Balaban J connectivity index is 1.74. The van der Waals surface area contributed by atoms with E-state index in [1.165, 1.54) is 0 Å². The maximum Gasteiger partial charge on any atom is 0.317 e.